The number of benzene rings is 1. The Morgan fingerprint density at radius 3 is 2.87 bits per heavy atom. The Kier molecular flexibility index (Phi) is 1.96. The van der Waals surface area contributed by atoms with Gasteiger partial charge in [-0.05, 0) is 37.0 Å². The number of nitrogens with one attached hydrogen (secondary N) is 1. The van der Waals surface area contributed by atoms with Crippen LogP contribution >= 0.6 is 0 Å². The molecule has 0 aromatic heterocycles. The molecule has 0 saturated carbocycles. The first-order valence-electron chi connectivity index (χ1n) is 5.42. The van der Waals surface area contributed by atoms with Crippen molar-refractivity contribution < 1.29 is 9.13 Å². The van der Waals surface area contributed by atoms with Gasteiger partial charge in [0.05, 0.1) is 0 Å². The van der Waals surface area contributed by atoms with Crippen LogP contribution in [0.25, 0.3) is 0 Å². The lowest BCUT2D eigenvalue weighted by atomic mass is 9.87. The van der Waals surface area contributed by atoms with Crippen molar-refractivity contribution in [3.63, 3.8) is 0 Å². The molecule has 2 heterocycles. The van der Waals surface area contributed by atoms with Crippen molar-refractivity contribution >= 4 is 5.69 Å². The average Bonchev–Trinajstić information content (AvgIpc) is 2.56. The summed E-state index contributed by atoms with van der Waals surface area (Å²) in [5, 5.41) is 3.47. The van der Waals surface area contributed by atoms with Gasteiger partial charge in [-0.15, -0.1) is 0 Å². The molecule has 1 fully saturated rings. The molecule has 1 aromatic rings. The van der Waals surface area contributed by atoms with E-state index in [1.165, 1.54) is 5.56 Å². The molecule has 0 atom stereocenters. The van der Waals surface area contributed by atoms with E-state index in [0.717, 1.165) is 38.2 Å². The van der Waals surface area contributed by atoms with Crippen molar-refractivity contribution in [1.82, 2.24) is 0 Å². The Bertz CT molecular complexity index is 385. The normalized spacial score (nSPS) is 22.5. The molecule has 2 nitrogen and oxygen atoms in total. The van der Waals surface area contributed by atoms with Crippen LogP contribution in [-0.4, -0.2) is 18.8 Å². The number of halogens is 1. The minimum atomic E-state index is -0.162. The molecule has 0 aliphatic carbocycles. The van der Waals surface area contributed by atoms with Crippen LogP contribution in [0, 0.1) is 5.82 Å². The minimum Gasteiger partial charge on any atom is -0.381 e. The standard InChI is InChI=1S/C12H14FNO/c13-10-2-1-9-8-12(14-11(9)7-10)3-5-15-6-4-12/h1-2,7,14H,3-6,8H2. The largest absolute Gasteiger partial charge is 0.381 e. The highest BCUT2D eigenvalue weighted by molar-refractivity contribution is 5.59. The van der Waals surface area contributed by atoms with E-state index in [-0.39, 0.29) is 11.4 Å². The van der Waals surface area contributed by atoms with Crippen LogP contribution in [0.1, 0.15) is 18.4 Å². The summed E-state index contributed by atoms with van der Waals surface area (Å²) >= 11 is 0. The van der Waals surface area contributed by atoms with Crippen molar-refractivity contribution in [1.29, 1.82) is 0 Å². The van der Waals surface area contributed by atoms with Crippen LogP contribution in [0.15, 0.2) is 18.2 Å². The molecule has 0 bridgehead atoms. The molecule has 0 radical (unpaired) electrons. The highest BCUT2D eigenvalue weighted by atomic mass is 19.1. The molecule has 1 aromatic carbocycles. The van der Waals surface area contributed by atoms with Crippen molar-refractivity contribution in [3.8, 4) is 0 Å². The fourth-order valence-electron chi connectivity index (χ4n) is 2.58. The summed E-state index contributed by atoms with van der Waals surface area (Å²) in [5.41, 5.74) is 2.34. The van der Waals surface area contributed by atoms with Gasteiger partial charge in [0.1, 0.15) is 5.82 Å². The third-order valence-electron chi connectivity index (χ3n) is 3.45. The molecule has 0 amide bonds. The summed E-state index contributed by atoms with van der Waals surface area (Å²) in [5.74, 6) is -0.162. The Balaban J connectivity index is 1.90. The summed E-state index contributed by atoms with van der Waals surface area (Å²) in [6, 6.07) is 5.03. The lowest BCUT2D eigenvalue weighted by Gasteiger charge is -2.34. The SMILES string of the molecule is Fc1ccc2c(c1)NC1(CCOCC1)C2. The second-order valence-corrected chi connectivity index (χ2v) is 4.50. The van der Waals surface area contributed by atoms with Crippen LogP contribution in [0.2, 0.25) is 0 Å². The highest BCUT2D eigenvalue weighted by Gasteiger charge is 2.38. The number of rotatable bonds is 0. The number of anilines is 1. The van der Waals surface area contributed by atoms with Gasteiger partial charge in [-0.2, -0.15) is 0 Å². The predicted molar refractivity (Wildman–Crippen MR) is 56.5 cm³/mol. The van der Waals surface area contributed by atoms with Crippen LogP contribution in [0.5, 0.6) is 0 Å². The van der Waals surface area contributed by atoms with E-state index < -0.39 is 0 Å². The van der Waals surface area contributed by atoms with Gasteiger partial charge in [0.15, 0.2) is 0 Å². The Labute approximate surface area is 88.4 Å². The lowest BCUT2D eigenvalue weighted by Crippen LogP contribution is -2.41. The molecule has 1 N–H and O–H groups in total. The maximum Gasteiger partial charge on any atom is 0.125 e. The Morgan fingerprint density at radius 2 is 2.07 bits per heavy atom. The zero-order valence-corrected chi connectivity index (χ0v) is 8.55. The summed E-state index contributed by atoms with van der Waals surface area (Å²) in [7, 11) is 0. The van der Waals surface area contributed by atoms with Gasteiger partial charge >= 0.3 is 0 Å². The zero-order chi connectivity index (χ0) is 10.3. The second-order valence-electron chi connectivity index (χ2n) is 4.50. The third kappa shape index (κ3) is 1.51. The minimum absolute atomic E-state index is 0.133. The zero-order valence-electron chi connectivity index (χ0n) is 8.55. The van der Waals surface area contributed by atoms with Crippen LogP contribution in [-0.2, 0) is 11.2 Å². The van der Waals surface area contributed by atoms with E-state index in [2.05, 4.69) is 5.32 Å². The van der Waals surface area contributed by atoms with Gasteiger partial charge in [0, 0.05) is 24.4 Å². The van der Waals surface area contributed by atoms with Crippen molar-refractivity contribution in [2.24, 2.45) is 0 Å². The van der Waals surface area contributed by atoms with Gasteiger partial charge in [0.25, 0.3) is 0 Å². The predicted octanol–water partition coefficient (Wildman–Crippen LogP) is 2.34. The number of hydrogen-bond acceptors (Lipinski definition) is 2. The molecule has 2 aliphatic heterocycles. The van der Waals surface area contributed by atoms with Gasteiger partial charge in [0.2, 0.25) is 0 Å². The summed E-state index contributed by atoms with van der Waals surface area (Å²) < 4.78 is 18.4. The van der Waals surface area contributed by atoms with Crippen LogP contribution < -0.4 is 5.32 Å². The van der Waals surface area contributed by atoms with Gasteiger partial charge in [-0.1, -0.05) is 6.07 Å². The molecule has 3 heteroatoms. The summed E-state index contributed by atoms with van der Waals surface area (Å²) in [4.78, 5) is 0. The first-order valence-corrected chi connectivity index (χ1v) is 5.42. The molecule has 2 aliphatic rings. The molecule has 80 valence electrons. The maximum absolute atomic E-state index is 13.1. The lowest BCUT2D eigenvalue weighted by molar-refractivity contribution is 0.0624. The van der Waals surface area contributed by atoms with E-state index in [1.807, 2.05) is 6.07 Å². The van der Waals surface area contributed by atoms with Crippen LogP contribution in [0.4, 0.5) is 10.1 Å². The van der Waals surface area contributed by atoms with E-state index in [9.17, 15) is 4.39 Å². The fraction of sp³-hybridized carbons (Fsp3) is 0.500. The molecular weight excluding hydrogens is 193 g/mol. The van der Waals surface area contributed by atoms with E-state index in [0.29, 0.717) is 0 Å². The van der Waals surface area contributed by atoms with E-state index in [1.54, 1.807) is 12.1 Å². The molecule has 3 rings (SSSR count). The first-order chi connectivity index (χ1) is 7.27. The van der Waals surface area contributed by atoms with Crippen molar-refractivity contribution in [3.05, 3.63) is 29.6 Å². The van der Waals surface area contributed by atoms with Crippen molar-refractivity contribution in [2.75, 3.05) is 18.5 Å². The van der Waals surface area contributed by atoms with Crippen molar-refractivity contribution in [2.45, 2.75) is 24.8 Å². The van der Waals surface area contributed by atoms with E-state index in [4.69, 9.17) is 4.74 Å². The number of ether oxygens (including phenoxy) is 1. The molecular formula is C12H14FNO. The van der Waals surface area contributed by atoms with Gasteiger partial charge in [-0.3, -0.25) is 0 Å². The molecule has 15 heavy (non-hydrogen) atoms. The van der Waals surface area contributed by atoms with E-state index >= 15 is 0 Å². The summed E-state index contributed by atoms with van der Waals surface area (Å²) in [6.45, 7) is 1.62. The smallest absolute Gasteiger partial charge is 0.125 e. The van der Waals surface area contributed by atoms with Gasteiger partial charge in [-0.25, -0.2) is 4.39 Å². The Hall–Kier alpha value is -1.09. The van der Waals surface area contributed by atoms with Gasteiger partial charge < -0.3 is 10.1 Å². The molecule has 1 saturated heterocycles. The number of fused-ring (bicyclic) bond motifs is 1. The monoisotopic (exact) mass is 207 g/mol. The second kappa shape index (κ2) is 3.20. The first kappa shape index (κ1) is 9.16. The topological polar surface area (TPSA) is 21.3 Å². The third-order valence-corrected chi connectivity index (χ3v) is 3.45. The average molecular weight is 207 g/mol. The quantitative estimate of drug-likeness (QED) is 0.705. The number of hydrogen-bond donors (Lipinski definition) is 1. The van der Waals surface area contributed by atoms with Crippen LogP contribution in [0.3, 0.4) is 0 Å². The summed E-state index contributed by atoms with van der Waals surface area (Å²) in [6.07, 6.45) is 3.04. The molecule has 1 spiro atoms. The Morgan fingerprint density at radius 1 is 1.27 bits per heavy atom. The highest BCUT2D eigenvalue weighted by Crippen LogP contribution is 2.38. The maximum atomic E-state index is 13.1. The molecule has 0 unspecified atom stereocenters. The fourth-order valence-corrected chi connectivity index (χ4v) is 2.58.